The maximum absolute atomic E-state index is 4.57. The van der Waals surface area contributed by atoms with E-state index in [0.717, 1.165) is 27.4 Å². The third-order valence-electron chi connectivity index (χ3n) is 3.44. The van der Waals surface area contributed by atoms with Crippen LogP contribution in [0.2, 0.25) is 0 Å². The molecule has 0 saturated carbocycles. The van der Waals surface area contributed by atoms with E-state index >= 15 is 0 Å². The molecular weight excluding hydrogens is 314 g/mol. The lowest BCUT2D eigenvalue weighted by molar-refractivity contribution is 0.839. The standard InChI is InChI=1S/C16H20BrN3/c1-9-8-10(2)18-12(4)16(9)13(5)19-14-6-7-15(17)20-11(14)3/h6-8,13,19H,1-5H3. The van der Waals surface area contributed by atoms with Crippen molar-refractivity contribution in [1.82, 2.24) is 9.97 Å². The highest BCUT2D eigenvalue weighted by Gasteiger charge is 2.14. The third kappa shape index (κ3) is 3.18. The average molecular weight is 334 g/mol. The van der Waals surface area contributed by atoms with Crippen molar-refractivity contribution in [2.75, 3.05) is 5.32 Å². The number of hydrogen-bond donors (Lipinski definition) is 1. The van der Waals surface area contributed by atoms with Crippen LogP contribution in [0.25, 0.3) is 0 Å². The van der Waals surface area contributed by atoms with Crippen LogP contribution in [0.4, 0.5) is 5.69 Å². The summed E-state index contributed by atoms with van der Waals surface area (Å²) in [5.74, 6) is 0. The Morgan fingerprint density at radius 2 is 1.75 bits per heavy atom. The number of nitrogens with zero attached hydrogens (tertiary/aromatic N) is 2. The van der Waals surface area contributed by atoms with Crippen LogP contribution in [-0.2, 0) is 0 Å². The van der Waals surface area contributed by atoms with E-state index in [2.05, 4.69) is 64.1 Å². The minimum atomic E-state index is 0.199. The first-order valence-corrected chi connectivity index (χ1v) is 7.52. The topological polar surface area (TPSA) is 37.8 Å². The Labute approximate surface area is 129 Å². The van der Waals surface area contributed by atoms with Gasteiger partial charge < -0.3 is 5.32 Å². The monoisotopic (exact) mass is 333 g/mol. The van der Waals surface area contributed by atoms with Gasteiger partial charge in [0.1, 0.15) is 4.60 Å². The molecule has 1 unspecified atom stereocenters. The van der Waals surface area contributed by atoms with E-state index in [-0.39, 0.29) is 6.04 Å². The summed E-state index contributed by atoms with van der Waals surface area (Å²) in [6.45, 7) is 10.4. The van der Waals surface area contributed by atoms with Gasteiger partial charge in [0.2, 0.25) is 0 Å². The molecule has 0 aromatic carbocycles. The van der Waals surface area contributed by atoms with Crippen molar-refractivity contribution in [1.29, 1.82) is 0 Å². The summed E-state index contributed by atoms with van der Waals surface area (Å²) in [6.07, 6.45) is 0. The first-order chi connectivity index (χ1) is 9.38. The van der Waals surface area contributed by atoms with Crippen LogP contribution in [-0.4, -0.2) is 9.97 Å². The Kier molecular flexibility index (Phi) is 4.43. The highest BCUT2D eigenvalue weighted by Crippen LogP contribution is 2.26. The van der Waals surface area contributed by atoms with E-state index in [0.29, 0.717) is 0 Å². The third-order valence-corrected chi connectivity index (χ3v) is 3.88. The molecule has 0 saturated heterocycles. The molecule has 0 spiro atoms. The molecule has 1 N–H and O–H groups in total. The molecule has 0 fully saturated rings. The van der Waals surface area contributed by atoms with Gasteiger partial charge in [0.25, 0.3) is 0 Å². The van der Waals surface area contributed by atoms with Crippen LogP contribution in [0, 0.1) is 27.7 Å². The maximum atomic E-state index is 4.57. The normalized spacial score (nSPS) is 12.3. The molecule has 2 rings (SSSR count). The molecule has 0 aliphatic rings. The maximum Gasteiger partial charge on any atom is 0.106 e. The summed E-state index contributed by atoms with van der Waals surface area (Å²) >= 11 is 3.39. The minimum absolute atomic E-state index is 0.199. The van der Waals surface area contributed by atoms with Crippen molar-refractivity contribution in [3.8, 4) is 0 Å². The zero-order chi connectivity index (χ0) is 14.9. The van der Waals surface area contributed by atoms with Crippen molar-refractivity contribution < 1.29 is 0 Å². The molecule has 0 bridgehead atoms. The molecule has 0 aliphatic heterocycles. The number of anilines is 1. The molecule has 3 nitrogen and oxygen atoms in total. The molecule has 0 amide bonds. The van der Waals surface area contributed by atoms with Gasteiger partial charge in [-0.05, 0) is 79.9 Å². The van der Waals surface area contributed by atoms with Gasteiger partial charge in [-0.1, -0.05) is 0 Å². The molecular formula is C16H20BrN3. The van der Waals surface area contributed by atoms with Gasteiger partial charge in [0.05, 0.1) is 17.4 Å². The van der Waals surface area contributed by atoms with Gasteiger partial charge in [-0.25, -0.2) is 4.98 Å². The summed E-state index contributed by atoms with van der Waals surface area (Å²) in [6, 6.07) is 6.34. The molecule has 4 heteroatoms. The van der Waals surface area contributed by atoms with Gasteiger partial charge in [-0.3, -0.25) is 4.98 Å². The molecule has 2 aromatic rings. The van der Waals surface area contributed by atoms with Gasteiger partial charge in [-0.15, -0.1) is 0 Å². The zero-order valence-electron chi connectivity index (χ0n) is 12.6. The van der Waals surface area contributed by atoms with Crippen LogP contribution in [0.5, 0.6) is 0 Å². The van der Waals surface area contributed by atoms with Crippen molar-refractivity contribution >= 4 is 21.6 Å². The Bertz CT molecular complexity index is 615. The summed E-state index contributed by atoms with van der Waals surface area (Å²) in [5, 5.41) is 3.53. The Hall–Kier alpha value is -1.42. The van der Waals surface area contributed by atoms with Crippen LogP contribution < -0.4 is 5.32 Å². The van der Waals surface area contributed by atoms with Crippen molar-refractivity contribution in [3.05, 3.63) is 51.0 Å². The lowest BCUT2D eigenvalue weighted by Gasteiger charge is -2.21. The number of pyridine rings is 2. The summed E-state index contributed by atoms with van der Waals surface area (Å²) < 4.78 is 0.859. The predicted molar refractivity (Wildman–Crippen MR) is 87.2 cm³/mol. The first kappa shape index (κ1) is 15.0. The first-order valence-electron chi connectivity index (χ1n) is 6.73. The summed E-state index contributed by atoms with van der Waals surface area (Å²) in [5.41, 5.74) is 6.74. The van der Waals surface area contributed by atoms with Crippen molar-refractivity contribution in [2.45, 2.75) is 40.7 Å². The minimum Gasteiger partial charge on any atom is -0.377 e. The number of rotatable bonds is 3. The zero-order valence-corrected chi connectivity index (χ0v) is 14.2. The second kappa shape index (κ2) is 5.92. The molecule has 0 radical (unpaired) electrons. The number of aromatic nitrogens is 2. The highest BCUT2D eigenvalue weighted by molar-refractivity contribution is 9.10. The fourth-order valence-corrected chi connectivity index (χ4v) is 3.07. The second-order valence-corrected chi connectivity index (χ2v) is 6.03. The fraction of sp³-hybridized carbons (Fsp3) is 0.375. The van der Waals surface area contributed by atoms with Crippen LogP contribution in [0.3, 0.4) is 0 Å². The molecule has 0 aliphatic carbocycles. The SMILES string of the molecule is Cc1cc(C)c(C(C)Nc2ccc(Br)nc2C)c(C)n1. The Morgan fingerprint density at radius 1 is 1.05 bits per heavy atom. The van der Waals surface area contributed by atoms with Gasteiger partial charge in [-0.2, -0.15) is 0 Å². The lowest BCUT2D eigenvalue weighted by Crippen LogP contribution is -2.12. The van der Waals surface area contributed by atoms with Gasteiger partial charge in [0, 0.05) is 11.4 Å². The van der Waals surface area contributed by atoms with Crippen LogP contribution in [0.1, 0.15) is 41.2 Å². The largest absolute Gasteiger partial charge is 0.377 e. The molecule has 2 heterocycles. The van der Waals surface area contributed by atoms with Crippen LogP contribution >= 0.6 is 15.9 Å². The van der Waals surface area contributed by atoms with Crippen LogP contribution in [0.15, 0.2) is 22.8 Å². The van der Waals surface area contributed by atoms with E-state index in [4.69, 9.17) is 0 Å². The molecule has 106 valence electrons. The van der Waals surface area contributed by atoms with Gasteiger partial charge in [0.15, 0.2) is 0 Å². The number of aryl methyl sites for hydroxylation is 4. The van der Waals surface area contributed by atoms with E-state index in [1.54, 1.807) is 0 Å². The van der Waals surface area contributed by atoms with Crippen molar-refractivity contribution in [2.24, 2.45) is 0 Å². The summed E-state index contributed by atoms with van der Waals surface area (Å²) in [4.78, 5) is 8.99. The molecule has 2 aromatic heterocycles. The molecule has 20 heavy (non-hydrogen) atoms. The number of halogens is 1. The average Bonchev–Trinajstić information content (AvgIpc) is 2.31. The lowest BCUT2D eigenvalue weighted by atomic mass is 10.00. The Balaban J connectivity index is 2.31. The van der Waals surface area contributed by atoms with E-state index in [9.17, 15) is 0 Å². The fourth-order valence-electron chi connectivity index (χ4n) is 2.68. The highest BCUT2D eigenvalue weighted by atomic mass is 79.9. The van der Waals surface area contributed by atoms with E-state index in [1.165, 1.54) is 11.1 Å². The molecule has 1 atom stereocenters. The van der Waals surface area contributed by atoms with Gasteiger partial charge >= 0.3 is 0 Å². The number of hydrogen-bond acceptors (Lipinski definition) is 3. The van der Waals surface area contributed by atoms with E-state index < -0.39 is 0 Å². The smallest absolute Gasteiger partial charge is 0.106 e. The second-order valence-electron chi connectivity index (χ2n) is 5.21. The number of nitrogens with one attached hydrogen (secondary N) is 1. The quantitative estimate of drug-likeness (QED) is 0.831. The van der Waals surface area contributed by atoms with E-state index in [1.807, 2.05) is 19.9 Å². The van der Waals surface area contributed by atoms with Crippen molar-refractivity contribution in [3.63, 3.8) is 0 Å². The predicted octanol–water partition coefficient (Wildman–Crippen LogP) is 4.65. The Morgan fingerprint density at radius 3 is 2.35 bits per heavy atom. The summed E-state index contributed by atoms with van der Waals surface area (Å²) in [7, 11) is 0.